The minimum Gasteiger partial charge on any atom is -0.506 e. The average molecular weight is 550 g/mol. The lowest BCUT2D eigenvalue weighted by molar-refractivity contribution is -0.130. The van der Waals surface area contributed by atoms with Crippen molar-refractivity contribution in [3.05, 3.63) is 49.1 Å². The molecule has 1 aliphatic rings. The van der Waals surface area contributed by atoms with Gasteiger partial charge >= 0.3 is 0 Å². The van der Waals surface area contributed by atoms with Gasteiger partial charge in [0.2, 0.25) is 6.10 Å². The van der Waals surface area contributed by atoms with Crippen molar-refractivity contribution >= 4 is 57.3 Å². The highest BCUT2D eigenvalue weighted by Crippen LogP contribution is 2.31. The van der Waals surface area contributed by atoms with E-state index in [-0.39, 0.29) is 18.3 Å². The Balaban J connectivity index is 1.62. The number of phenols is 1. The van der Waals surface area contributed by atoms with E-state index in [0.717, 1.165) is 5.56 Å². The van der Waals surface area contributed by atoms with Crippen LogP contribution < -0.4 is 14.9 Å². The molecule has 2 aromatic carbocycles. The summed E-state index contributed by atoms with van der Waals surface area (Å²) in [5.41, 5.74) is 3.21. The number of rotatable bonds is 3. The topological polar surface area (TPSA) is 80.2 Å². The molecule has 1 heterocycles. The molecule has 0 bridgehead atoms. The van der Waals surface area contributed by atoms with E-state index in [1.54, 1.807) is 24.3 Å². The number of halogens is 2. The number of carbonyl (C=O) groups is 1. The van der Waals surface area contributed by atoms with Crippen molar-refractivity contribution in [3.8, 4) is 17.2 Å². The number of fused-ring (bicyclic) bond motifs is 1. The molecule has 1 aliphatic heterocycles. The average Bonchev–Trinajstić information content (AvgIpc) is 2.59. The zero-order chi connectivity index (χ0) is 17.1. The van der Waals surface area contributed by atoms with Gasteiger partial charge < -0.3 is 14.6 Å². The fraction of sp³-hybridized carbons (Fsp3) is 0.125. The molecule has 0 aliphatic carbocycles. The largest absolute Gasteiger partial charge is 0.506 e. The Morgan fingerprint density at radius 2 is 1.92 bits per heavy atom. The molecule has 0 spiro atoms. The summed E-state index contributed by atoms with van der Waals surface area (Å²) in [6.45, 7) is 0.132. The van der Waals surface area contributed by atoms with Crippen LogP contribution in [0.3, 0.4) is 0 Å². The highest BCUT2D eigenvalue weighted by Gasteiger charge is 2.26. The fourth-order valence-corrected chi connectivity index (χ4v) is 3.87. The maximum absolute atomic E-state index is 12.1. The fourth-order valence-electron chi connectivity index (χ4n) is 2.05. The van der Waals surface area contributed by atoms with Gasteiger partial charge in [-0.2, -0.15) is 5.10 Å². The Morgan fingerprint density at radius 1 is 1.25 bits per heavy atom. The van der Waals surface area contributed by atoms with E-state index >= 15 is 0 Å². The van der Waals surface area contributed by atoms with Gasteiger partial charge in [-0.05, 0) is 75.0 Å². The van der Waals surface area contributed by atoms with Gasteiger partial charge in [-0.15, -0.1) is 0 Å². The van der Waals surface area contributed by atoms with Crippen LogP contribution in [-0.4, -0.2) is 29.9 Å². The molecule has 2 N–H and O–H groups in total. The molecule has 0 radical (unpaired) electrons. The molecule has 1 atom stereocenters. The molecular formula is C16H12I2N2O4. The van der Waals surface area contributed by atoms with Crippen molar-refractivity contribution in [3.63, 3.8) is 0 Å². The van der Waals surface area contributed by atoms with Gasteiger partial charge in [0.05, 0.1) is 13.4 Å². The van der Waals surface area contributed by atoms with Crippen molar-refractivity contribution in [2.24, 2.45) is 5.10 Å². The summed E-state index contributed by atoms with van der Waals surface area (Å²) in [7, 11) is 0. The normalized spacial score (nSPS) is 16.2. The summed E-state index contributed by atoms with van der Waals surface area (Å²) in [5.74, 6) is 1.02. The molecule has 24 heavy (non-hydrogen) atoms. The lowest BCUT2D eigenvalue weighted by Gasteiger charge is -2.24. The van der Waals surface area contributed by atoms with E-state index in [0.29, 0.717) is 18.6 Å². The third kappa shape index (κ3) is 3.91. The van der Waals surface area contributed by atoms with E-state index in [9.17, 15) is 9.90 Å². The number of aromatic hydroxyl groups is 1. The highest BCUT2D eigenvalue weighted by molar-refractivity contribution is 14.1. The smallest absolute Gasteiger partial charge is 0.284 e. The molecule has 0 unspecified atom stereocenters. The van der Waals surface area contributed by atoms with Crippen molar-refractivity contribution in [2.45, 2.75) is 6.10 Å². The van der Waals surface area contributed by atoms with E-state index in [1.165, 1.54) is 6.21 Å². The zero-order valence-electron chi connectivity index (χ0n) is 12.2. The van der Waals surface area contributed by atoms with Crippen LogP contribution in [0.1, 0.15) is 5.56 Å². The monoisotopic (exact) mass is 550 g/mol. The van der Waals surface area contributed by atoms with Gasteiger partial charge in [0.1, 0.15) is 12.4 Å². The maximum atomic E-state index is 12.1. The first-order valence-corrected chi connectivity index (χ1v) is 9.10. The Morgan fingerprint density at radius 3 is 2.62 bits per heavy atom. The molecule has 3 rings (SSSR count). The quantitative estimate of drug-likeness (QED) is 0.350. The van der Waals surface area contributed by atoms with Crippen LogP contribution in [0.25, 0.3) is 0 Å². The first-order valence-electron chi connectivity index (χ1n) is 6.94. The molecular weight excluding hydrogens is 538 g/mol. The predicted molar refractivity (Wildman–Crippen MR) is 106 cm³/mol. The minimum atomic E-state index is -0.753. The molecule has 0 fully saturated rings. The SMILES string of the molecule is O=C(N/N=C/c1cc(I)c(O)c(I)c1)[C@@H]1COc2ccccc2O1. The third-order valence-corrected chi connectivity index (χ3v) is 4.87. The molecule has 0 aromatic heterocycles. The van der Waals surface area contributed by atoms with Crippen molar-refractivity contribution in [1.82, 2.24) is 5.43 Å². The molecule has 2 aromatic rings. The van der Waals surface area contributed by atoms with Crippen molar-refractivity contribution in [1.29, 1.82) is 0 Å². The van der Waals surface area contributed by atoms with Gasteiger partial charge in [-0.25, -0.2) is 5.43 Å². The number of hydrazone groups is 1. The number of para-hydroxylation sites is 2. The highest BCUT2D eigenvalue weighted by atomic mass is 127. The molecule has 1 amide bonds. The molecule has 6 nitrogen and oxygen atoms in total. The number of nitrogens with zero attached hydrogens (tertiary/aromatic N) is 1. The summed E-state index contributed by atoms with van der Waals surface area (Å²) >= 11 is 4.07. The molecule has 8 heteroatoms. The molecule has 0 saturated carbocycles. The summed E-state index contributed by atoms with van der Waals surface area (Å²) in [5, 5.41) is 13.7. The van der Waals surface area contributed by atoms with E-state index in [1.807, 2.05) is 57.3 Å². The van der Waals surface area contributed by atoms with Crippen LogP contribution in [0.2, 0.25) is 0 Å². The van der Waals surface area contributed by atoms with E-state index in [2.05, 4.69) is 10.5 Å². The molecule has 0 saturated heterocycles. The first kappa shape index (κ1) is 17.3. The lowest BCUT2D eigenvalue weighted by atomic mass is 10.2. The Labute approximate surface area is 165 Å². The summed E-state index contributed by atoms with van der Waals surface area (Å²) in [6.07, 6.45) is 0.761. The van der Waals surface area contributed by atoms with Gasteiger partial charge in [0.15, 0.2) is 11.5 Å². The number of phenolic OH excluding ortho intramolecular Hbond substituents is 1. The lowest BCUT2D eigenvalue weighted by Crippen LogP contribution is -2.42. The van der Waals surface area contributed by atoms with Crippen molar-refractivity contribution < 1.29 is 19.4 Å². The Kier molecular flexibility index (Phi) is 5.43. The van der Waals surface area contributed by atoms with Crippen LogP contribution >= 0.6 is 45.2 Å². The Hall–Kier alpha value is -1.56. The van der Waals surface area contributed by atoms with Crippen LogP contribution in [-0.2, 0) is 4.79 Å². The predicted octanol–water partition coefficient (Wildman–Crippen LogP) is 2.89. The van der Waals surface area contributed by atoms with Crippen molar-refractivity contribution in [2.75, 3.05) is 6.61 Å². The second kappa shape index (κ2) is 7.55. The zero-order valence-corrected chi connectivity index (χ0v) is 16.5. The summed E-state index contributed by atoms with van der Waals surface area (Å²) in [6, 6.07) is 10.7. The van der Waals surface area contributed by atoms with Crippen LogP contribution in [0.5, 0.6) is 17.2 Å². The summed E-state index contributed by atoms with van der Waals surface area (Å²) < 4.78 is 12.5. The molecule has 124 valence electrons. The van der Waals surface area contributed by atoms with E-state index < -0.39 is 6.10 Å². The Bertz CT molecular complexity index is 787. The van der Waals surface area contributed by atoms with Gasteiger partial charge in [0, 0.05) is 0 Å². The second-order valence-electron chi connectivity index (χ2n) is 4.93. The third-order valence-electron chi connectivity index (χ3n) is 3.23. The number of nitrogens with one attached hydrogen (secondary N) is 1. The maximum Gasteiger partial charge on any atom is 0.284 e. The van der Waals surface area contributed by atoms with E-state index in [4.69, 9.17) is 9.47 Å². The van der Waals surface area contributed by atoms with Gasteiger partial charge in [0.25, 0.3) is 5.91 Å². The number of carbonyl (C=O) groups excluding carboxylic acids is 1. The van der Waals surface area contributed by atoms with Crippen LogP contribution in [0, 0.1) is 7.14 Å². The van der Waals surface area contributed by atoms with Gasteiger partial charge in [-0.1, -0.05) is 12.1 Å². The summed E-state index contributed by atoms with van der Waals surface area (Å²) in [4.78, 5) is 12.1. The number of benzene rings is 2. The van der Waals surface area contributed by atoms with Gasteiger partial charge in [-0.3, -0.25) is 4.79 Å². The number of amides is 1. The number of hydrogen-bond acceptors (Lipinski definition) is 5. The first-order chi connectivity index (χ1) is 11.5. The standard InChI is InChI=1S/C16H12I2N2O4/c17-10-5-9(6-11(18)15(10)21)7-19-20-16(22)14-8-23-12-3-1-2-4-13(12)24-14/h1-7,14,21H,8H2,(H,20,22)/b19-7+/t14-/m0/s1. The second-order valence-corrected chi connectivity index (χ2v) is 7.26. The number of ether oxygens (including phenoxy) is 2. The van der Waals surface area contributed by atoms with Crippen LogP contribution in [0.4, 0.5) is 0 Å². The minimum absolute atomic E-state index is 0.132. The van der Waals surface area contributed by atoms with Crippen LogP contribution in [0.15, 0.2) is 41.5 Å². The number of hydrogen-bond donors (Lipinski definition) is 2.